The molecular formula is C21H14ClF3N2O2. The summed E-state index contributed by atoms with van der Waals surface area (Å²) in [7, 11) is 0. The van der Waals surface area contributed by atoms with E-state index in [1.54, 1.807) is 24.3 Å². The summed E-state index contributed by atoms with van der Waals surface area (Å²) < 4.78 is 47.9. The van der Waals surface area contributed by atoms with Gasteiger partial charge in [0, 0.05) is 11.3 Å². The van der Waals surface area contributed by atoms with Crippen LogP contribution in [0.15, 0.2) is 65.1 Å². The molecule has 0 fully saturated rings. The summed E-state index contributed by atoms with van der Waals surface area (Å²) in [6.07, 6.45) is -4.80. The standard InChI is InChI=1S/C21H14ClF3N2O2/c1-12-19(13-6-2-4-8-15(13)22)27-20(26-12)18-11-10-16(28-18)14-7-3-5-9-17(14)29-21(23,24)25/h2-11H,1H3,(H,26,27). The number of aryl methyl sites for hydroxylation is 1. The Bertz CT molecular complexity index is 1160. The predicted octanol–water partition coefficient (Wildman–Crippen LogP) is 6.86. The largest absolute Gasteiger partial charge is 0.573 e. The third-order valence-corrected chi connectivity index (χ3v) is 4.56. The molecule has 0 spiro atoms. The van der Waals surface area contributed by atoms with E-state index >= 15 is 0 Å². The number of furan rings is 1. The summed E-state index contributed by atoms with van der Waals surface area (Å²) in [6.45, 7) is 1.85. The normalized spacial score (nSPS) is 11.6. The molecule has 0 saturated carbocycles. The summed E-state index contributed by atoms with van der Waals surface area (Å²) in [4.78, 5) is 7.68. The minimum atomic E-state index is -4.80. The van der Waals surface area contributed by atoms with Gasteiger partial charge in [-0.3, -0.25) is 0 Å². The van der Waals surface area contributed by atoms with Crippen molar-refractivity contribution >= 4 is 11.6 Å². The van der Waals surface area contributed by atoms with Crippen molar-refractivity contribution in [3.63, 3.8) is 0 Å². The average molecular weight is 419 g/mol. The van der Waals surface area contributed by atoms with Crippen LogP contribution in [0, 0.1) is 6.92 Å². The number of para-hydroxylation sites is 1. The van der Waals surface area contributed by atoms with E-state index in [9.17, 15) is 13.2 Å². The van der Waals surface area contributed by atoms with Gasteiger partial charge in [0.15, 0.2) is 11.6 Å². The van der Waals surface area contributed by atoms with Gasteiger partial charge in [-0.15, -0.1) is 13.2 Å². The molecule has 0 unspecified atom stereocenters. The van der Waals surface area contributed by atoms with Gasteiger partial charge in [-0.25, -0.2) is 4.98 Å². The fourth-order valence-electron chi connectivity index (χ4n) is 2.99. The van der Waals surface area contributed by atoms with Crippen LogP contribution in [0.4, 0.5) is 13.2 Å². The number of H-pyrrole nitrogens is 1. The second-order valence-electron chi connectivity index (χ2n) is 6.25. The van der Waals surface area contributed by atoms with Gasteiger partial charge in [-0.1, -0.05) is 41.9 Å². The molecule has 4 rings (SSSR count). The minimum Gasteiger partial charge on any atom is -0.453 e. The van der Waals surface area contributed by atoms with Crippen LogP contribution in [0.1, 0.15) is 5.69 Å². The molecule has 2 heterocycles. The van der Waals surface area contributed by atoms with Crippen molar-refractivity contribution in [2.45, 2.75) is 13.3 Å². The summed E-state index contributed by atoms with van der Waals surface area (Å²) in [6, 6.07) is 16.3. The van der Waals surface area contributed by atoms with Crippen LogP contribution < -0.4 is 4.74 Å². The molecule has 0 atom stereocenters. The molecule has 0 aliphatic heterocycles. The smallest absolute Gasteiger partial charge is 0.453 e. The molecule has 0 amide bonds. The fraction of sp³-hybridized carbons (Fsp3) is 0.0952. The van der Waals surface area contributed by atoms with E-state index in [1.165, 1.54) is 18.2 Å². The molecule has 148 valence electrons. The molecule has 0 bridgehead atoms. The third-order valence-electron chi connectivity index (χ3n) is 4.23. The molecule has 2 aromatic carbocycles. The average Bonchev–Trinajstić information content (AvgIpc) is 3.28. The molecule has 0 saturated heterocycles. The highest BCUT2D eigenvalue weighted by atomic mass is 35.5. The number of benzene rings is 2. The maximum Gasteiger partial charge on any atom is 0.573 e. The maximum atomic E-state index is 12.7. The van der Waals surface area contributed by atoms with E-state index in [0.29, 0.717) is 22.3 Å². The van der Waals surface area contributed by atoms with E-state index in [-0.39, 0.29) is 17.1 Å². The number of hydrogen-bond donors (Lipinski definition) is 1. The number of aromatic amines is 1. The number of imidazole rings is 1. The highest BCUT2D eigenvalue weighted by Gasteiger charge is 2.32. The maximum absolute atomic E-state index is 12.7. The molecule has 8 heteroatoms. The Morgan fingerprint density at radius 3 is 2.31 bits per heavy atom. The predicted molar refractivity (Wildman–Crippen MR) is 104 cm³/mol. The molecule has 0 aliphatic carbocycles. The monoisotopic (exact) mass is 418 g/mol. The van der Waals surface area contributed by atoms with Crippen molar-refractivity contribution in [2.75, 3.05) is 0 Å². The van der Waals surface area contributed by atoms with Gasteiger partial charge in [0.05, 0.1) is 16.3 Å². The van der Waals surface area contributed by atoms with Crippen molar-refractivity contribution < 1.29 is 22.3 Å². The van der Waals surface area contributed by atoms with Crippen LogP contribution in [0.5, 0.6) is 5.75 Å². The van der Waals surface area contributed by atoms with Gasteiger partial charge >= 0.3 is 6.36 Å². The quantitative estimate of drug-likeness (QED) is 0.393. The van der Waals surface area contributed by atoms with Crippen LogP contribution >= 0.6 is 11.6 Å². The zero-order chi connectivity index (χ0) is 20.6. The van der Waals surface area contributed by atoms with Crippen LogP contribution in [0.3, 0.4) is 0 Å². The van der Waals surface area contributed by atoms with Crippen molar-refractivity contribution in [3.05, 3.63) is 71.4 Å². The van der Waals surface area contributed by atoms with Gasteiger partial charge in [-0.2, -0.15) is 0 Å². The highest BCUT2D eigenvalue weighted by Crippen LogP contribution is 2.37. The lowest BCUT2D eigenvalue weighted by Crippen LogP contribution is -2.17. The van der Waals surface area contributed by atoms with Crippen LogP contribution in [0.25, 0.3) is 34.2 Å². The molecule has 4 nitrogen and oxygen atoms in total. The van der Waals surface area contributed by atoms with Crippen molar-refractivity contribution in [1.29, 1.82) is 0 Å². The van der Waals surface area contributed by atoms with Crippen molar-refractivity contribution in [2.24, 2.45) is 0 Å². The molecule has 0 aliphatic rings. The number of nitrogens with zero attached hydrogens (tertiary/aromatic N) is 1. The van der Waals surface area contributed by atoms with Gasteiger partial charge < -0.3 is 14.1 Å². The molecule has 1 N–H and O–H groups in total. The number of aromatic nitrogens is 2. The zero-order valence-electron chi connectivity index (χ0n) is 15.0. The molecule has 29 heavy (non-hydrogen) atoms. The summed E-state index contributed by atoms with van der Waals surface area (Å²) in [5.41, 5.74) is 2.41. The van der Waals surface area contributed by atoms with Gasteiger partial charge in [0.25, 0.3) is 0 Å². The number of ether oxygens (including phenoxy) is 1. The van der Waals surface area contributed by atoms with E-state index in [2.05, 4.69) is 14.7 Å². The molecule has 4 aromatic rings. The van der Waals surface area contributed by atoms with E-state index in [1.807, 2.05) is 25.1 Å². The van der Waals surface area contributed by atoms with Crippen molar-refractivity contribution in [1.82, 2.24) is 9.97 Å². The second kappa shape index (κ2) is 7.33. The van der Waals surface area contributed by atoms with Crippen LogP contribution in [-0.4, -0.2) is 16.3 Å². The molecular weight excluding hydrogens is 405 g/mol. The summed E-state index contributed by atoms with van der Waals surface area (Å²) in [5.74, 6) is 0.711. The summed E-state index contributed by atoms with van der Waals surface area (Å²) >= 11 is 6.26. The molecule has 0 radical (unpaired) electrons. The first-order valence-corrected chi connectivity index (χ1v) is 8.96. The Kier molecular flexibility index (Phi) is 4.84. The first-order chi connectivity index (χ1) is 13.8. The Morgan fingerprint density at radius 2 is 1.59 bits per heavy atom. The molecule has 2 aromatic heterocycles. The van der Waals surface area contributed by atoms with E-state index in [0.717, 1.165) is 11.3 Å². The fourth-order valence-corrected chi connectivity index (χ4v) is 3.21. The number of nitrogens with one attached hydrogen (secondary N) is 1. The third kappa shape index (κ3) is 4.00. The second-order valence-corrected chi connectivity index (χ2v) is 6.65. The number of rotatable bonds is 4. The zero-order valence-corrected chi connectivity index (χ0v) is 15.8. The van der Waals surface area contributed by atoms with Gasteiger partial charge in [0.2, 0.25) is 0 Å². The van der Waals surface area contributed by atoms with Crippen LogP contribution in [0.2, 0.25) is 5.02 Å². The Morgan fingerprint density at radius 1 is 0.931 bits per heavy atom. The Labute approximate surface area is 168 Å². The summed E-state index contributed by atoms with van der Waals surface area (Å²) in [5, 5.41) is 0.562. The lowest BCUT2D eigenvalue weighted by Gasteiger charge is -2.11. The highest BCUT2D eigenvalue weighted by molar-refractivity contribution is 6.33. The lowest BCUT2D eigenvalue weighted by molar-refractivity contribution is -0.274. The van der Waals surface area contributed by atoms with Crippen molar-refractivity contribution in [3.8, 4) is 39.9 Å². The van der Waals surface area contributed by atoms with Gasteiger partial charge in [-0.05, 0) is 37.3 Å². The number of alkyl halides is 3. The SMILES string of the molecule is Cc1[nH]c(-c2ccc(-c3ccccc3OC(F)(F)F)o2)nc1-c1ccccc1Cl. The Hall–Kier alpha value is -3.19. The number of hydrogen-bond acceptors (Lipinski definition) is 3. The van der Waals surface area contributed by atoms with E-state index in [4.69, 9.17) is 16.0 Å². The topological polar surface area (TPSA) is 51.0 Å². The van der Waals surface area contributed by atoms with E-state index < -0.39 is 6.36 Å². The number of halogens is 4. The first kappa shape index (κ1) is 19.1. The minimum absolute atomic E-state index is 0.186. The first-order valence-electron chi connectivity index (χ1n) is 8.59. The lowest BCUT2D eigenvalue weighted by atomic mass is 10.1. The van der Waals surface area contributed by atoms with Crippen LogP contribution in [-0.2, 0) is 0 Å². The van der Waals surface area contributed by atoms with Gasteiger partial charge in [0.1, 0.15) is 11.5 Å². The Balaban J connectivity index is 1.70.